The van der Waals surface area contributed by atoms with Crippen molar-refractivity contribution in [2.75, 3.05) is 0 Å². The summed E-state index contributed by atoms with van der Waals surface area (Å²) >= 11 is 0. The van der Waals surface area contributed by atoms with E-state index in [4.69, 9.17) is 4.74 Å². The van der Waals surface area contributed by atoms with Crippen LogP contribution in [0, 0.1) is 5.92 Å². The second kappa shape index (κ2) is 6.00. The summed E-state index contributed by atoms with van der Waals surface area (Å²) in [6.07, 6.45) is 2.83. The van der Waals surface area contributed by atoms with Gasteiger partial charge in [-0.05, 0) is 58.1 Å². The van der Waals surface area contributed by atoms with E-state index < -0.39 is 17.5 Å². The molecule has 0 aromatic heterocycles. The van der Waals surface area contributed by atoms with Crippen molar-refractivity contribution < 1.29 is 14.3 Å². The fourth-order valence-corrected chi connectivity index (χ4v) is 2.86. The number of ketones is 1. The molecule has 0 heterocycles. The Bertz CT molecular complexity index is 540. The third kappa shape index (κ3) is 3.72. The van der Waals surface area contributed by atoms with E-state index in [1.807, 2.05) is 39.0 Å². The number of fused-ring (bicyclic) bond motifs is 1. The minimum absolute atomic E-state index is 0.0172. The summed E-state index contributed by atoms with van der Waals surface area (Å²) in [5.41, 5.74) is 1.76. The quantitative estimate of drug-likeness (QED) is 0.630. The summed E-state index contributed by atoms with van der Waals surface area (Å²) in [5, 5.41) is 0. The first-order valence-corrected chi connectivity index (χ1v) is 7.64. The van der Waals surface area contributed by atoms with Gasteiger partial charge in [0.25, 0.3) is 0 Å². The lowest BCUT2D eigenvalue weighted by Gasteiger charge is -2.27. The normalized spacial score (nSPS) is 19.5. The first kappa shape index (κ1) is 15.7. The molecule has 0 N–H and O–H groups in total. The Hall–Kier alpha value is -1.64. The molecule has 1 aliphatic rings. The van der Waals surface area contributed by atoms with Crippen LogP contribution in [0.4, 0.5) is 0 Å². The van der Waals surface area contributed by atoms with Gasteiger partial charge in [-0.2, -0.15) is 0 Å². The molecule has 0 saturated heterocycles. The van der Waals surface area contributed by atoms with E-state index in [0.717, 1.165) is 24.8 Å². The molecular weight excluding hydrogens is 264 g/mol. The number of aryl methyl sites for hydroxylation is 1. The molecule has 21 heavy (non-hydrogen) atoms. The SMILES string of the molecule is CC(C(=O)OC(C)(C)C)C(=O)C1CCCc2ccccc21. The molecule has 0 fully saturated rings. The van der Waals surface area contributed by atoms with Gasteiger partial charge < -0.3 is 4.74 Å². The predicted molar refractivity (Wildman–Crippen MR) is 82.1 cm³/mol. The Morgan fingerprint density at radius 3 is 2.57 bits per heavy atom. The maximum atomic E-state index is 12.7. The van der Waals surface area contributed by atoms with Gasteiger partial charge in [0.15, 0.2) is 5.78 Å². The van der Waals surface area contributed by atoms with E-state index in [1.54, 1.807) is 6.92 Å². The molecule has 1 aromatic carbocycles. The van der Waals surface area contributed by atoms with Gasteiger partial charge in [-0.3, -0.25) is 9.59 Å². The third-order valence-electron chi connectivity index (χ3n) is 3.90. The lowest BCUT2D eigenvalue weighted by Crippen LogP contribution is -2.34. The molecule has 3 heteroatoms. The Morgan fingerprint density at radius 1 is 1.24 bits per heavy atom. The number of benzene rings is 1. The van der Waals surface area contributed by atoms with Crippen LogP contribution >= 0.6 is 0 Å². The molecule has 0 bridgehead atoms. The number of hydrogen-bond acceptors (Lipinski definition) is 3. The zero-order chi connectivity index (χ0) is 15.6. The topological polar surface area (TPSA) is 43.4 Å². The Balaban J connectivity index is 2.16. The van der Waals surface area contributed by atoms with Gasteiger partial charge in [-0.1, -0.05) is 24.3 Å². The summed E-state index contributed by atoms with van der Waals surface area (Å²) in [6, 6.07) is 8.05. The Kier molecular flexibility index (Phi) is 4.50. The van der Waals surface area contributed by atoms with Crippen molar-refractivity contribution in [3.05, 3.63) is 35.4 Å². The van der Waals surface area contributed by atoms with Crippen LogP contribution in [0.3, 0.4) is 0 Å². The smallest absolute Gasteiger partial charge is 0.316 e. The number of Topliss-reactive ketones (excluding diaryl/α,β-unsaturated/α-hetero) is 1. The fourth-order valence-electron chi connectivity index (χ4n) is 2.86. The van der Waals surface area contributed by atoms with Crippen LogP contribution in [0.5, 0.6) is 0 Å². The molecule has 0 saturated carbocycles. The van der Waals surface area contributed by atoms with Crippen molar-refractivity contribution in [3.63, 3.8) is 0 Å². The Labute approximate surface area is 126 Å². The highest BCUT2D eigenvalue weighted by molar-refractivity contribution is 6.02. The van der Waals surface area contributed by atoms with Crippen molar-refractivity contribution in [2.24, 2.45) is 5.92 Å². The molecule has 2 rings (SSSR count). The first-order chi connectivity index (χ1) is 9.79. The Morgan fingerprint density at radius 2 is 1.90 bits per heavy atom. The predicted octanol–water partition coefficient (Wildman–Crippen LogP) is 3.65. The minimum atomic E-state index is -0.708. The highest BCUT2D eigenvalue weighted by Crippen LogP contribution is 2.34. The third-order valence-corrected chi connectivity index (χ3v) is 3.90. The van der Waals surface area contributed by atoms with Crippen LogP contribution in [-0.2, 0) is 20.7 Å². The molecule has 0 amide bonds. The molecule has 0 radical (unpaired) electrons. The van der Waals surface area contributed by atoms with Crippen LogP contribution in [0.1, 0.15) is 57.6 Å². The van der Waals surface area contributed by atoms with E-state index in [2.05, 4.69) is 6.07 Å². The second-order valence-corrected chi connectivity index (χ2v) is 6.80. The highest BCUT2D eigenvalue weighted by Gasteiger charge is 2.34. The number of ether oxygens (including phenoxy) is 1. The number of hydrogen-bond donors (Lipinski definition) is 0. The molecule has 0 spiro atoms. The van der Waals surface area contributed by atoms with Gasteiger partial charge in [0.1, 0.15) is 11.5 Å². The molecule has 2 atom stereocenters. The van der Waals surface area contributed by atoms with Crippen LogP contribution in [0.2, 0.25) is 0 Å². The van der Waals surface area contributed by atoms with Gasteiger partial charge in [0, 0.05) is 5.92 Å². The van der Waals surface area contributed by atoms with E-state index in [9.17, 15) is 9.59 Å². The summed E-state index contributed by atoms with van der Waals surface area (Å²) in [6.45, 7) is 7.11. The zero-order valence-corrected chi connectivity index (χ0v) is 13.3. The maximum Gasteiger partial charge on any atom is 0.316 e. The van der Waals surface area contributed by atoms with E-state index in [-0.39, 0.29) is 11.7 Å². The van der Waals surface area contributed by atoms with Crippen molar-refractivity contribution in [2.45, 2.75) is 58.5 Å². The van der Waals surface area contributed by atoms with Crippen LogP contribution in [0.25, 0.3) is 0 Å². The largest absolute Gasteiger partial charge is 0.459 e. The number of carbonyl (C=O) groups excluding carboxylic acids is 2. The van der Waals surface area contributed by atoms with Gasteiger partial charge in [-0.25, -0.2) is 0 Å². The number of carbonyl (C=O) groups is 2. The zero-order valence-electron chi connectivity index (χ0n) is 13.3. The fraction of sp³-hybridized carbons (Fsp3) is 0.556. The van der Waals surface area contributed by atoms with Crippen molar-refractivity contribution in [3.8, 4) is 0 Å². The summed E-state index contributed by atoms with van der Waals surface area (Å²) in [4.78, 5) is 24.8. The van der Waals surface area contributed by atoms with Gasteiger partial charge in [0.2, 0.25) is 0 Å². The van der Waals surface area contributed by atoms with Crippen molar-refractivity contribution in [1.82, 2.24) is 0 Å². The minimum Gasteiger partial charge on any atom is -0.459 e. The maximum absolute atomic E-state index is 12.7. The van der Waals surface area contributed by atoms with E-state index in [1.165, 1.54) is 5.56 Å². The molecule has 1 aliphatic carbocycles. The molecule has 114 valence electrons. The standard InChI is InChI=1S/C18H24O3/c1-12(17(20)21-18(2,3)4)16(19)15-11-7-9-13-8-5-6-10-14(13)15/h5-6,8,10,12,15H,7,9,11H2,1-4H3. The average molecular weight is 288 g/mol. The summed E-state index contributed by atoms with van der Waals surface area (Å²) in [7, 11) is 0. The number of esters is 1. The lowest BCUT2D eigenvalue weighted by atomic mass is 9.77. The van der Waals surface area contributed by atoms with Crippen LogP contribution < -0.4 is 0 Å². The van der Waals surface area contributed by atoms with Gasteiger partial charge in [-0.15, -0.1) is 0 Å². The highest BCUT2D eigenvalue weighted by atomic mass is 16.6. The molecule has 0 aliphatic heterocycles. The number of rotatable bonds is 3. The summed E-state index contributed by atoms with van der Waals surface area (Å²) in [5.74, 6) is -1.31. The monoisotopic (exact) mass is 288 g/mol. The molecular formula is C18H24O3. The van der Waals surface area contributed by atoms with Crippen molar-refractivity contribution in [1.29, 1.82) is 0 Å². The van der Waals surface area contributed by atoms with E-state index >= 15 is 0 Å². The van der Waals surface area contributed by atoms with Crippen LogP contribution in [-0.4, -0.2) is 17.4 Å². The molecule has 3 nitrogen and oxygen atoms in total. The van der Waals surface area contributed by atoms with Gasteiger partial charge in [0.05, 0.1) is 0 Å². The molecule has 1 aromatic rings. The first-order valence-electron chi connectivity index (χ1n) is 7.64. The van der Waals surface area contributed by atoms with Crippen LogP contribution in [0.15, 0.2) is 24.3 Å². The average Bonchev–Trinajstić information content (AvgIpc) is 2.43. The van der Waals surface area contributed by atoms with Gasteiger partial charge >= 0.3 is 5.97 Å². The van der Waals surface area contributed by atoms with E-state index in [0.29, 0.717) is 0 Å². The lowest BCUT2D eigenvalue weighted by molar-refractivity contribution is -0.161. The summed E-state index contributed by atoms with van der Waals surface area (Å²) < 4.78 is 5.34. The second-order valence-electron chi connectivity index (χ2n) is 6.80. The van der Waals surface area contributed by atoms with Crippen molar-refractivity contribution >= 4 is 11.8 Å². The molecule has 2 unspecified atom stereocenters.